The van der Waals surface area contributed by atoms with Gasteiger partial charge in [-0.25, -0.2) is 0 Å². The molecule has 1 rings (SSSR count). The van der Waals surface area contributed by atoms with Crippen molar-refractivity contribution in [1.29, 1.82) is 0 Å². The van der Waals surface area contributed by atoms with E-state index < -0.39 is 0 Å². The van der Waals surface area contributed by atoms with E-state index in [9.17, 15) is 4.79 Å². The Morgan fingerprint density at radius 2 is 2.18 bits per heavy atom. The number of carbonyl (C=O) groups excluding carboxylic acids is 1. The fourth-order valence-corrected chi connectivity index (χ4v) is 1.48. The third kappa shape index (κ3) is 4.41. The summed E-state index contributed by atoms with van der Waals surface area (Å²) in [5.74, 6) is 0.787. The molecule has 0 saturated carbocycles. The van der Waals surface area contributed by atoms with Gasteiger partial charge in [-0.1, -0.05) is 6.08 Å². The van der Waals surface area contributed by atoms with Crippen LogP contribution in [0.2, 0.25) is 0 Å². The van der Waals surface area contributed by atoms with Crippen LogP contribution in [-0.2, 0) is 11.2 Å². The zero-order chi connectivity index (χ0) is 12.5. The monoisotopic (exact) mass is 234 g/mol. The summed E-state index contributed by atoms with van der Waals surface area (Å²) < 4.78 is 10.8. The molecule has 0 aromatic heterocycles. The lowest BCUT2D eigenvalue weighted by atomic mass is 10.1. The van der Waals surface area contributed by atoms with Crippen LogP contribution < -0.4 is 4.74 Å². The van der Waals surface area contributed by atoms with Crippen molar-refractivity contribution >= 4 is 6.29 Å². The molecular formula is C14H18O3. The molecule has 1 aromatic rings. The molecule has 0 aliphatic rings. The molecule has 0 fully saturated rings. The highest BCUT2D eigenvalue weighted by Gasteiger charge is 2.03. The molecule has 0 aliphatic carbocycles. The molecule has 0 saturated heterocycles. The molecule has 0 heterocycles. The first-order valence-corrected chi connectivity index (χ1v) is 5.71. The van der Waals surface area contributed by atoms with E-state index >= 15 is 0 Å². The molecule has 0 spiro atoms. The highest BCUT2D eigenvalue weighted by atomic mass is 16.5. The lowest BCUT2D eigenvalue weighted by molar-refractivity contribution is 0.109. The number of rotatable bonds is 8. The Hall–Kier alpha value is -1.61. The maximum atomic E-state index is 10.7. The molecule has 0 amide bonds. The smallest absolute Gasteiger partial charge is 0.150 e. The lowest BCUT2D eigenvalue weighted by Crippen LogP contribution is -2.07. The Morgan fingerprint density at radius 3 is 2.82 bits per heavy atom. The topological polar surface area (TPSA) is 35.5 Å². The standard InChI is InChI=1S/C14H18O3/c1-3-5-13-10-12(11-15)6-7-14(13)17-9-8-16-4-2/h3,6-7,10-11H,1,4-5,8-9H2,2H3. The number of hydrogen-bond acceptors (Lipinski definition) is 3. The summed E-state index contributed by atoms with van der Waals surface area (Å²) >= 11 is 0. The van der Waals surface area contributed by atoms with Crippen LogP contribution in [0.15, 0.2) is 30.9 Å². The normalized spacial score (nSPS) is 9.94. The second-order valence-corrected chi connectivity index (χ2v) is 3.52. The highest BCUT2D eigenvalue weighted by Crippen LogP contribution is 2.20. The molecular weight excluding hydrogens is 216 g/mol. The Morgan fingerprint density at radius 1 is 1.35 bits per heavy atom. The Balaban J connectivity index is 2.68. The van der Waals surface area contributed by atoms with E-state index in [0.29, 0.717) is 31.8 Å². The van der Waals surface area contributed by atoms with Crippen LogP contribution in [0, 0.1) is 0 Å². The third-order valence-electron chi connectivity index (χ3n) is 2.27. The summed E-state index contributed by atoms with van der Waals surface area (Å²) in [6.45, 7) is 7.41. The van der Waals surface area contributed by atoms with Crippen LogP contribution in [0.3, 0.4) is 0 Å². The van der Waals surface area contributed by atoms with E-state index in [1.54, 1.807) is 12.1 Å². The molecule has 3 nitrogen and oxygen atoms in total. The van der Waals surface area contributed by atoms with Gasteiger partial charge >= 0.3 is 0 Å². The van der Waals surface area contributed by atoms with Gasteiger partial charge in [0.2, 0.25) is 0 Å². The van der Waals surface area contributed by atoms with Crippen molar-refractivity contribution in [1.82, 2.24) is 0 Å². The minimum Gasteiger partial charge on any atom is -0.491 e. The third-order valence-corrected chi connectivity index (χ3v) is 2.27. The van der Waals surface area contributed by atoms with Crippen molar-refractivity contribution in [2.75, 3.05) is 19.8 Å². The quantitative estimate of drug-likeness (QED) is 0.394. The molecule has 92 valence electrons. The van der Waals surface area contributed by atoms with Gasteiger partial charge in [-0.2, -0.15) is 0 Å². The highest BCUT2D eigenvalue weighted by molar-refractivity contribution is 5.75. The lowest BCUT2D eigenvalue weighted by Gasteiger charge is -2.11. The molecule has 0 N–H and O–H groups in total. The van der Waals surface area contributed by atoms with E-state index in [1.165, 1.54) is 0 Å². The summed E-state index contributed by atoms with van der Waals surface area (Å²) in [6, 6.07) is 5.38. The Labute approximate surface area is 102 Å². The maximum Gasteiger partial charge on any atom is 0.150 e. The van der Waals surface area contributed by atoms with Crippen LogP contribution in [0.4, 0.5) is 0 Å². The van der Waals surface area contributed by atoms with Gasteiger partial charge in [0.15, 0.2) is 0 Å². The number of carbonyl (C=O) groups is 1. The van der Waals surface area contributed by atoms with E-state index in [2.05, 4.69) is 6.58 Å². The molecule has 0 unspecified atom stereocenters. The van der Waals surface area contributed by atoms with Crippen molar-refractivity contribution < 1.29 is 14.3 Å². The number of allylic oxidation sites excluding steroid dienone is 1. The van der Waals surface area contributed by atoms with Crippen LogP contribution in [-0.4, -0.2) is 26.1 Å². The minimum absolute atomic E-state index is 0.512. The van der Waals surface area contributed by atoms with Crippen LogP contribution in [0.25, 0.3) is 0 Å². The fraction of sp³-hybridized carbons (Fsp3) is 0.357. The molecule has 3 heteroatoms. The van der Waals surface area contributed by atoms with Crippen LogP contribution >= 0.6 is 0 Å². The second kappa shape index (κ2) is 7.63. The fourth-order valence-electron chi connectivity index (χ4n) is 1.48. The number of aldehydes is 1. The van der Waals surface area contributed by atoms with Crippen molar-refractivity contribution in [3.05, 3.63) is 42.0 Å². The average Bonchev–Trinajstić information content (AvgIpc) is 2.36. The van der Waals surface area contributed by atoms with Gasteiger partial charge in [-0.05, 0) is 37.1 Å². The SMILES string of the molecule is C=CCc1cc(C=O)ccc1OCCOCC. The zero-order valence-corrected chi connectivity index (χ0v) is 10.1. The molecule has 0 radical (unpaired) electrons. The number of hydrogen-bond donors (Lipinski definition) is 0. The van der Waals surface area contributed by atoms with Gasteiger partial charge in [0.05, 0.1) is 6.61 Å². The number of ether oxygens (including phenoxy) is 2. The summed E-state index contributed by atoms with van der Waals surface area (Å²) in [6.07, 6.45) is 3.31. The summed E-state index contributed by atoms with van der Waals surface area (Å²) in [4.78, 5) is 10.7. The summed E-state index contributed by atoms with van der Waals surface area (Å²) in [5.41, 5.74) is 1.63. The van der Waals surface area contributed by atoms with Gasteiger partial charge in [-0.3, -0.25) is 4.79 Å². The molecule has 17 heavy (non-hydrogen) atoms. The predicted molar refractivity (Wildman–Crippen MR) is 67.7 cm³/mol. The molecule has 0 atom stereocenters. The molecule has 1 aromatic carbocycles. The van der Waals surface area contributed by atoms with E-state index in [-0.39, 0.29) is 0 Å². The molecule has 0 bridgehead atoms. The summed E-state index contributed by atoms with van der Waals surface area (Å²) in [5, 5.41) is 0. The largest absolute Gasteiger partial charge is 0.491 e. The van der Waals surface area contributed by atoms with Crippen LogP contribution in [0.1, 0.15) is 22.8 Å². The second-order valence-electron chi connectivity index (χ2n) is 3.52. The first-order chi connectivity index (χ1) is 8.31. The maximum absolute atomic E-state index is 10.7. The zero-order valence-electron chi connectivity index (χ0n) is 10.1. The Bertz CT molecular complexity index is 372. The van der Waals surface area contributed by atoms with Crippen molar-refractivity contribution in [2.45, 2.75) is 13.3 Å². The van der Waals surface area contributed by atoms with Crippen molar-refractivity contribution in [2.24, 2.45) is 0 Å². The van der Waals surface area contributed by atoms with Gasteiger partial charge < -0.3 is 9.47 Å². The van der Waals surface area contributed by atoms with Crippen LogP contribution in [0.5, 0.6) is 5.75 Å². The predicted octanol–water partition coefficient (Wildman–Crippen LogP) is 2.64. The minimum atomic E-state index is 0.512. The van der Waals surface area contributed by atoms with Crippen molar-refractivity contribution in [3.8, 4) is 5.75 Å². The number of benzene rings is 1. The van der Waals surface area contributed by atoms with Gasteiger partial charge in [0, 0.05) is 12.2 Å². The first-order valence-electron chi connectivity index (χ1n) is 5.71. The average molecular weight is 234 g/mol. The van der Waals surface area contributed by atoms with E-state index in [1.807, 2.05) is 19.1 Å². The van der Waals surface area contributed by atoms with E-state index in [4.69, 9.17) is 9.47 Å². The first kappa shape index (κ1) is 13.5. The van der Waals surface area contributed by atoms with Crippen molar-refractivity contribution in [3.63, 3.8) is 0 Å². The molecule has 0 aliphatic heterocycles. The van der Waals surface area contributed by atoms with Gasteiger partial charge in [0.25, 0.3) is 0 Å². The van der Waals surface area contributed by atoms with Gasteiger partial charge in [0.1, 0.15) is 18.6 Å². The summed E-state index contributed by atoms with van der Waals surface area (Å²) in [7, 11) is 0. The van der Waals surface area contributed by atoms with E-state index in [0.717, 1.165) is 17.6 Å². The van der Waals surface area contributed by atoms with Gasteiger partial charge in [-0.15, -0.1) is 6.58 Å². The Kier molecular flexibility index (Phi) is 6.04.